The molecule has 4 N–H and O–H groups in total. The molecule has 0 bridgehead atoms. The van der Waals surface area contributed by atoms with Gasteiger partial charge in [0, 0.05) is 0 Å². The second-order valence-corrected chi connectivity index (χ2v) is 5.18. The molecule has 2 atom stereocenters. The first-order chi connectivity index (χ1) is 8.11. The molecule has 0 amide bonds. The van der Waals surface area contributed by atoms with Gasteiger partial charge in [0.15, 0.2) is 0 Å². The molecule has 1 fully saturated rings. The van der Waals surface area contributed by atoms with Crippen molar-refractivity contribution in [3.05, 3.63) is 0 Å². The van der Waals surface area contributed by atoms with Crippen molar-refractivity contribution in [3.63, 3.8) is 0 Å². The highest BCUT2D eigenvalue weighted by Gasteiger charge is 2.41. The molecule has 0 aliphatic carbocycles. The molecule has 0 aromatic heterocycles. The van der Waals surface area contributed by atoms with Crippen LogP contribution in [0.2, 0.25) is 6.32 Å². The molecule has 98 valence electrons. The Morgan fingerprint density at radius 1 is 1.41 bits per heavy atom. The second-order valence-electron chi connectivity index (χ2n) is 5.18. The van der Waals surface area contributed by atoms with Crippen molar-refractivity contribution in [1.82, 2.24) is 5.32 Å². The van der Waals surface area contributed by atoms with E-state index in [2.05, 4.69) is 13.2 Å². The fourth-order valence-electron chi connectivity index (χ4n) is 2.69. The third-order valence-corrected chi connectivity index (χ3v) is 3.90. The Labute approximate surface area is 105 Å². The van der Waals surface area contributed by atoms with Gasteiger partial charge in [-0.2, -0.15) is 0 Å². The molecule has 0 radical (unpaired) electrons. The van der Waals surface area contributed by atoms with E-state index in [-0.39, 0.29) is 5.92 Å². The molecule has 0 aromatic rings. The van der Waals surface area contributed by atoms with E-state index in [9.17, 15) is 9.90 Å². The number of aliphatic carboxylic acids is 1. The molecular weight excluding hydrogens is 215 g/mol. The van der Waals surface area contributed by atoms with Crippen molar-refractivity contribution in [2.75, 3.05) is 13.1 Å². The van der Waals surface area contributed by atoms with Crippen LogP contribution in [0.1, 0.15) is 38.5 Å². The molecule has 2 unspecified atom stereocenters. The van der Waals surface area contributed by atoms with Gasteiger partial charge in [-0.25, -0.2) is 0 Å². The fraction of sp³-hybridized carbons (Fsp3) is 0.917. The molecule has 1 aliphatic rings. The normalized spacial score (nSPS) is 24.9. The number of rotatable bonds is 6. The number of hydrogen-bond acceptors (Lipinski definition) is 3. The van der Waals surface area contributed by atoms with Crippen LogP contribution in [0.15, 0.2) is 0 Å². The maximum Gasteiger partial charge on any atom is 0.323 e. The maximum absolute atomic E-state index is 11.5. The second kappa shape index (κ2) is 7.02. The minimum atomic E-state index is -1.01. The quantitative estimate of drug-likeness (QED) is 0.463. The highest BCUT2D eigenvalue weighted by atomic mass is 16.4. The van der Waals surface area contributed by atoms with Crippen molar-refractivity contribution >= 4 is 13.8 Å². The lowest BCUT2D eigenvalue weighted by Crippen LogP contribution is -2.54. The summed E-state index contributed by atoms with van der Waals surface area (Å²) in [7, 11) is 2.12. The minimum Gasteiger partial charge on any atom is -0.480 e. The predicted octanol–water partition coefficient (Wildman–Crippen LogP) is 0.380. The van der Waals surface area contributed by atoms with E-state index in [1.807, 2.05) is 0 Å². The predicted molar refractivity (Wildman–Crippen MR) is 72.0 cm³/mol. The average molecular weight is 240 g/mol. The largest absolute Gasteiger partial charge is 0.480 e. The van der Waals surface area contributed by atoms with Crippen molar-refractivity contribution in [2.24, 2.45) is 11.7 Å². The lowest BCUT2D eigenvalue weighted by molar-refractivity contribution is -0.146. The number of unbranched alkanes of at least 4 members (excludes halogenated alkanes) is 1. The first-order valence-electron chi connectivity index (χ1n) is 6.84. The van der Waals surface area contributed by atoms with Crippen LogP contribution in [-0.2, 0) is 4.79 Å². The molecule has 0 saturated carbocycles. The van der Waals surface area contributed by atoms with Gasteiger partial charge in [0.1, 0.15) is 13.4 Å². The molecule has 1 heterocycles. The van der Waals surface area contributed by atoms with Gasteiger partial charge < -0.3 is 16.2 Å². The van der Waals surface area contributed by atoms with Crippen LogP contribution >= 0.6 is 0 Å². The maximum atomic E-state index is 11.5. The summed E-state index contributed by atoms with van der Waals surface area (Å²) < 4.78 is 0. The first kappa shape index (κ1) is 14.5. The summed E-state index contributed by atoms with van der Waals surface area (Å²) in [5.74, 6) is -0.702. The van der Waals surface area contributed by atoms with Crippen LogP contribution in [0.4, 0.5) is 0 Å². The minimum absolute atomic E-state index is 0.117. The summed E-state index contributed by atoms with van der Waals surface area (Å²) in [5.41, 5.74) is 5.19. The van der Waals surface area contributed by atoms with E-state index in [0.717, 1.165) is 51.5 Å². The summed E-state index contributed by atoms with van der Waals surface area (Å²) in [6.07, 6.45) is 6.55. The van der Waals surface area contributed by atoms with Gasteiger partial charge in [-0.3, -0.25) is 4.79 Å². The van der Waals surface area contributed by atoms with Crippen LogP contribution < -0.4 is 11.1 Å². The Bertz CT molecular complexity index is 243. The Balaban J connectivity index is 2.63. The van der Waals surface area contributed by atoms with Gasteiger partial charge in [0.2, 0.25) is 0 Å². The summed E-state index contributed by atoms with van der Waals surface area (Å²) in [5, 5.41) is 12.7. The topological polar surface area (TPSA) is 75.4 Å². The number of hydrogen-bond donors (Lipinski definition) is 3. The summed E-state index contributed by atoms with van der Waals surface area (Å²) in [6, 6.07) is 0. The number of nitrogens with one attached hydrogen (secondary N) is 1. The van der Waals surface area contributed by atoms with E-state index in [0.29, 0.717) is 6.42 Å². The van der Waals surface area contributed by atoms with Crippen LogP contribution in [0.3, 0.4) is 0 Å². The van der Waals surface area contributed by atoms with Gasteiger partial charge >= 0.3 is 5.97 Å². The van der Waals surface area contributed by atoms with Crippen LogP contribution in [0.25, 0.3) is 0 Å². The highest BCUT2D eigenvalue weighted by Crippen LogP contribution is 2.29. The van der Waals surface area contributed by atoms with Crippen LogP contribution in [0, 0.1) is 5.92 Å². The molecule has 1 rings (SSSR count). The zero-order valence-corrected chi connectivity index (χ0v) is 10.9. The Morgan fingerprint density at radius 2 is 2.18 bits per heavy atom. The monoisotopic (exact) mass is 240 g/mol. The SMILES string of the molecule is BCCCCC(N)(C(=O)O)C1CCCNCC1. The third kappa shape index (κ3) is 4.00. The van der Waals surface area contributed by atoms with Crippen molar-refractivity contribution in [2.45, 2.75) is 50.4 Å². The molecule has 17 heavy (non-hydrogen) atoms. The fourth-order valence-corrected chi connectivity index (χ4v) is 2.69. The molecule has 5 heteroatoms. The molecule has 4 nitrogen and oxygen atoms in total. The van der Waals surface area contributed by atoms with Gasteiger partial charge in [-0.1, -0.05) is 19.2 Å². The molecule has 0 spiro atoms. The van der Waals surface area contributed by atoms with Gasteiger partial charge in [0.05, 0.1) is 0 Å². The standard InChI is InChI=1S/C12H25BN2O2/c13-7-2-1-6-12(14,11(16)17)10-4-3-8-15-9-5-10/h10,15H,1-9,13-14H2,(H,16,17). The van der Waals surface area contributed by atoms with Crippen LogP contribution in [0.5, 0.6) is 0 Å². The lowest BCUT2D eigenvalue weighted by atomic mass is 9.76. The number of carbonyl (C=O) groups is 1. The van der Waals surface area contributed by atoms with Crippen molar-refractivity contribution < 1.29 is 9.90 Å². The molecule has 1 saturated heterocycles. The highest BCUT2D eigenvalue weighted by molar-refractivity contribution is 6.08. The lowest BCUT2D eigenvalue weighted by Gasteiger charge is -2.33. The molecule has 0 aromatic carbocycles. The van der Waals surface area contributed by atoms with E-state index in [1.165, 1.54) is 0 Å². The summed E-state index contributed by atoms with van der Waals surface area (Å²) >= 11 is 0. The number of carboxylic acid groups (broad SMARTS) is 1. The Hall–Kier alpha value is -0.545. The van der Waals surface area contributed by atoms with Gasteiger partial charge in [-0.05, 0) is 44.7 Å². The van der Waals surface area contributed by atoms with Crippen molar-refractivity contribution in [3.8, 4) is 0 Å². The van der Waals surface area contributed by atoms with E-state index >= 15 is 0 Å². The Morgan fingerprint density at radius 3 is 2.82 bits per heavy atom. The summed E-state index contributed by atoms with van der Waals surface area (Å²) in [4.78, 5) is 11.5. The third-order valence-electron chi connectivity index (χ3n) is 3.90. The Kier molecular flexibility index (Phi) is 5.99. The average Bonchev–Trinajstić information content (AvgIpc) is 2.57. The zero-order chi connectivity index (χ0) is 12.7. The molecule has 1 aliphatic heterocycles. The van der Waals surface area contributed by atoms with E-state index < -0.39 is 11.5 Å². The van der Waals surface area contributed by atoms with Crippen molar-refractivity contribution in [1.29, 1.82) is 0 Å². The zero-order valence-electron chi connectivity index (χ0n) is 10.9. The smallest absolute Gasteiger partial charge is 0.323 e. The van der Waals surface area contributed by atoms with E-state index in [4.69, 9.17) is 5.73 Å². The van der Waals surface area contributed by atoms with Gasteiger partial charge in [-0.15, -0.1) is 0 Å². The number of carboxylic acids is 1. The number of nitrogens with two attached hydrogens (primary N) is 1. The van der Waals surface area contributed by atoms with E-state index in [1.54, 1.807) is 0 Å². The summed E-state index contributed by atoms with van der Waals surface area (Å²) in [6.45, 7) is 1.88. The first-order valence-corrected chi connectivity index (χ1v) is 6.84. The van der Waals surface area contributed by atoms with Gasteiger partial charge in [0.25, 0.3) is 0 Å². The van der Waals surface area contributed by atoms with Crippen LogP contribution in [-0.4, -0.2) is 37.6 Å². The molecular formula is C12H25BN2O2.